The summed E-state index contributed by atoms with van der Waals surface area (Å²) in [7, 11) is 0.0544. The Morgan fingerprint density at radius 1 is 1.57 bits per heavy atom. The molecule has 0 bridgehead atoms. The SMILES string of the molecule is CCC(C)(C)[SiH2]Br. The van der Waals surface area contributed by atoms with Gasteiger partial charge in [0.2, 0.25) is 0 Å². The van der Waals surface area contributed by atoms with Crippen molar-refractivity contribution in [2.45, 2.75) is 32.2 Å². The highest BCUT2D eigenvalue weighted by Gasteiger charge is 2.11. The van der Waals surface area contributed by atoms with Gasteiger partial charge in [-0.2, -0.15) is 0 Å². The van der Waals surface area contributed by atoms with Gasteiger partial charge in [0.1, 0.15) is 8.14 Å². The Bertz CT molecular complexity index is 46.0. The topological polar surface area (TPSA) is 0 Å². The van der Waals surface area contributed by atoms with E-state index in [9.17, 15) is 0 Å². The van der Waals surface area contributed by atoms with Crippen LogP contribution in [0.25, 0.3) is 0 Å². The predicted octanol–water partition coefficient (Wildman–Crippen LogP) is 2.07. The van der Waals surface area contributed by atoms with Crippen LogP contribution in [-0.4, -0.2) is 8.14 Å². The van der Waals surface area contributed by atoms with Gasteiger partial charge in [0.25, 0.3) is 0 Å². The normalized spacial score (nSPS) is 13.7. The molecule has 44 valence electrons. The van der Waals surface area contributed by atoms with Crippen LogP contribution < -0.4 is 0 Å². The summed E-state index contributed by atoms with van der Waals surface area (Å²) in [6, 6.07) is 0. The molecule has 0 amide bonds. The minimum absolute atomic E-state index is 0.0544. The molecule has 0 saturated heterocycles. The van der Waals surface area contributed by atoms with E-state index in [1.165, 1.54) is 6.42 Å². The van der Waals surface area contributed by atoms with Gasteiger partial charge in [-0.15, -0.1) is 15.3 Å². The summed E-state index contributed by atoms with van der Waals surface area (Å²) in [5.74, 6) is 0. The first-order valence-corrected chi connectivity index (χ1v) is 7.29. The summed E-state index contributed by atoms with van der Waals surface area (Å²) < 4.78 is 0. The lowest BCUT2D eigenvalue weighted by Crippen LogP contribution is -2.04. The summed E-state index contributed by atoms with van der Waals surface area (Å²) in [6.45, 7) is 6.87. The highest BCUT2D eigenvalue weighted by Crippen LogP contribution is 2.27. The van der Waals surface area contributed by atoms with Crippen molar-refractivity contribution in [1.29, 1.82) is 0 Å². The third-order valence-electron chi connectivity index (χ3n) is 1.32. The molecule has 0 N–H and O–H groups in total. The van der Waals surface area contributed by atoms with E-state index >= 15 is 0 Å². The fourth-order valence-electron chi connectivity index (χ4n) is 0.0945. The van der Waals surface area contributed by atoms with E-state index < -0.39 is 0 Å². The van der Waals surface area contributed by atoms with E-state index in [-0.39, 0.29) is 8.14 Å². The second-order valence-electron chi connectivity index (χ2n) is 2.65. The van der Waals surface area contributed by atoms with Crippen LogP contribution >= 0.6 is 15.3 Å². The molecular formula is C5H13BrSi. The smallest absolute Gasteiger partial charge is 0.104 e. The Morgan fingerprint density at radius 3 is 2.00 bits per heavy atom. The first-order valence-electron chi connectivity index (χ1n) is 2.68. The zero-order chi connectivity index (χ0) is 5.91. The second-order valence-corrected chi connectivity index (χ2v) is 6.52. The van der Waals surface area contributed by atoms with Gasteiger partial charge < -0.3 is 0 Å². The van der Waals surface area contributed by atoms with E-state index in [1.54, 1.807) is 0 Å². The molecule has 0 fully saturated rings. The summed E-state index contributed by atoms with van der Waals surface area (Å²) >= 11 is 3.57. The molecule has 0 aliphatic carbocycles. The minimum atomic E-state index is 0.0544. The molecule has 0 aliphatic heterocycles. The Kier molecular flexibility index (Phi) is 3.16. The lowest BCUT2D eigenvalue weighted by atomic mass is 10.1. The third kappa shape index (κ3) is 3.29. The molecule has 0 rings (SSSR count). The number of hydrogen-bond acceptors (Lipinski definition) is 0. The van der Waals surface area contributed by atoms with Gasteiger partial charge in [-0.3, -0.25) is 0 Å². The molecule has 0 saturated carbocycles. The average molecular weight is 181 g/mol. The zero-order valence-corrected chi connectivity index (χ0v) is 8.29. The Hall–Kier alpha value is 0.697. The highest BCUT2D eigenvalue weighted by molar-refractivity contribution is 9.23. The van der Waals surface area contributed by atoms with Gasteiger partial charge >= 0.3 is 0 Å². The quantitative estimate of drug-likeness (QED) is 0.452. The summed E-state index contributed by atoms with van der Waals surface area (Å²) in [5, 5.41) is 0.639. The molecule has 0 aromatic heterocycles. The largest absolute Gasteiger partial charge is 0.135 e. The first-order chi connectivity index (χ1) is 3.12. The number of rotatable bonds is 2. The van der Waals surface area contributed by atoms with Crippen molar-refractivity contribution in [2.24, 2.45) is 0 Å². The zero-order valence-electron chi connectivity index (χ0n) is 5.29. The predicted molar refractivity (Wildman–Crippen MR) is 41.8 cm³/mol. The van der Waals surface area contributed by atoms with Gasteiger partial charge in [-0.1, -0.05) is 27.2 Å². The molecule has 0 nitrogen and oxygen atoms in total. The summed E-state index contributed by atoms with van der Waals surface area (Å²) in [6.07, 6.45) is 1.31. The van der Waals surface area contributed by atoms with Crippen LogP contribution in [0, 0.1) is 0 Å². The van der Waals surface area contributed by atoms with Crippen LogP contribution in [-0.2, 0) is 0 Å². The van der Waals surface area contributed by atoms with Crippen LogP contribution in [0.5, 0.6) is 0 Å². The Morgan fingerprint density at radius 2 is 2.00 bits per heavy atom. The van der Waals surface area contributed by atoms with Crippen molar-refractivity contribution >= 4 is 23.4 Å². The van der Waals surface area contributed by atoms with E-state index in [0.29, 0.717) is 5.04 Å². The number of hydrogen-bond donors (Lipinski definition) is 0. The monoisotopic (exact) mass is 180 g/mol. The molecule has 0 aromatic rings. The van der Waals surface area contributed by atoms with Gasteiger partial charge in [0.05, 0.1) is 0 Å². The molecule has 0 atom stereocenters. The molecule has 0 unspecified atom stereocenters. The maximum absolute atomic E-state index is 3.57. The maximum atomic E-state index is 3.57. The van der Waals surface area contributed by atoms with Crippen molar-refractivity contribution in [1.82, 2.24) is 0 Å². The third-order valence-corrected chi connectivity index (χ3v) is 7.10. The Balaban J connectivity index is 3.36. The maximum Gasteiger partial charge on any atom is 0.104 e. The fraction of sp³-hybridized carbons (Fsp3) is 1.00. The molecular weight excluding hydrogens is 168 g/mol. The van der Waals surface area contributed by atoms with Gasteiger partial charge in [-0.25, -0.2) is 0 Å². The van der Waals surface area contributed by atoms with Crippen LogP contribution in [0.3, 0.4) is 0 Å². The molecule has 0 aliphatic rings. The van der Waals surface area contributed by atoms with Crippen LogP contribution in [0.1, 0.15) is 27.2 Å². The first kappa shape index (κ1) is 7.70. The van der Waals surface area contributed by atoms with Crippen LogP contribution in [0.15, 0.2) is 0 Å². The van der Waals surface area contributed by atoms with Crippen LogP contribution in [0.4, 0.5) is 0 Å². The lowest BCUT2D eigenvalue weighted by Gasteiger charge is -2.16. The van der Waals surface area contributed by atoms with Crippen molar-refractivity contribution in [3.63, 3.8) is 0 Å². The average Bonchev–Trinajstić information content (AvgIpc) is 1.68. The number of halogens is 1. The van der Waals surface area contributed by atoms with E-state index in [1.807, 2.05) is 0 Å². The summed E-state index contributed by atoms with van der Waals surface area (Å²) in [4.78, 5) is 0. The Labute approximate surface area is 56.1 Å². The van der Waals surface area contributed by atoms with Crippen LogP contribution in [0.2, 0.25) is 5.04 Å². The van der Waals surface area contributed by atoms with Crippen molar-refractivity contribution in [3.05, 3.63) is 0 Å². The van der Waals surface area contributed by atoms with E-state index in [4.69, 9.17) is 0 Å². The van der Waals surface area contributed by atoms with E-state index in [2.05, 4.69) is 36.1 Å². The molecule has 2 heteroatoms. The summed E-state index contributed by atoms with van der Waals surface area (Å²) in [5.41, 5.74) is 0. The van der Waals surface area contributed by atoms with Gasteiger partial charge in [0, 0.05) is 0 Å². The van der Waals surface area contributed by atoms with Gasteiger partial charge in [-0.05, 0) is 5.04 Å². The highest BCUT2D eigenvalue weighted by atomic mass is 79.9. The van der Waals surface area contributed by atoms with E-state index in [0.717, 1.165) is 0 Å². The standard InChI is InChI=1S/C5H13BrSi/c1-4-5(2,3)7-6/h4,7H2,1-3H3. The molecule has 0 aromatic carbocycles. The lowest BCUT2D eigenvalue weighted by molar-refractivity contribution is 0.652. The second kappa shape index (κ2) is 2.87. The fourth-order valence-corrected chi connectivity index (χ4v) is 1.47. The molecule has 0 radical (unpaired) electrons. The molecule has 0 heterocycles. The van der Waals surface area contributed by atoms with Crippen molar-refractivity contribution in [3.8, 4) is 0 Å². The van der Waals surface area contributed by atoms with Crippen molar-refractivity contribution in [2.75, 3.05) is 0 Å². The van der Waals surface area contributed by atoms with Gasteiger partial charge in [0.15, 0.2) is 0 Å². The van der Waals surface area contributed by atoms with Crippen molar-refractivity contribution < 1.29 is 0 Å². The molecule has 0 spiro atoms. The minimum Gasteiger partial charge on any atom is -0.135 e. The molecule has 7 heavy (non-hydrogen) atoms.